The number of thiophene rings is 1. The van der Waals surface area contributed by atoms with E-state index in [2.05, 4.69) is 9.71 Å². The molecule has 9 heteroatoms. The van der Waals surface area contributed by atoms with E-state index in [1.54, 1.807) is 24.4 Å². The number of rotatable bonds is 4. The Balaban J connectivity index is 1.80. The largest absolute Gasteiger partial charge is 0.255 e. The van der Waals surface area contributed by atoms with Crippen LogP contribution in [0.15, 0.2) is 40.7 Å². The summed E-state index contributed by atoms with van der Waals surface area (Å²) in [6, 6.07) is 8.09. The van der Waals surface area contributed by atoms with E-state index >= 15 is 0 Å². The van der Waals surface area contributed by atoms with Crippen LogP contribution >= 0.6 is 11.3 Å². The van der Waals surface area contributed by atoms with E-state index in [1.165, 1.54) is 6.07 Å². The minimum Gasteiger partial charge on any atom is -0.255 e. The Bertz CT molecular complexity index is 873. The van der Waals surface area contributed by atoms with Crippen LogP contribution in [0.4, 0.5) is 0 Å². The zero-order valence-corrected chi connectivity index (χ0v) is 13.9. The van der Waals surface area contributed by atoms with Crippen molar-refractivity contribution >= 4 is 31.2 Å². The summed E-state index contributed by atoms with van der Waals surface area (Å²) in [4.78, 5) is 4.93. The molecule has 3 rings (SSSR count). The quantitative estimate of drug-likeness (QED) is 0.888. The third kappa shape index (κ3) is 3.37. The second-order valence-corrected chi connectivity index (χ2v) is 10.3. The van der Waals surface area contributed by atoms with Gasteiger partial charge in [-0.1, -0.05) is 6.07 Å². The smallest absolute Gasteiger partial charge is 0.250 e. The monoisotopic (exact) mass is 358 g/mol. The molecule has 1 unspecified atom stereocenters. The Morgan fingerprint density at radius 1 is 1.23 bits per heavy atom. The highest BCUT2D eigenvalue weighted by Crippen LogP contribution is 2.29. The number of pyridine rings is 1. The van der Waals surface area contributed by atoms with E-state index < -0.39 is 25.9 Å². The van der Waals surface area contributed by atoms with Crippen LogP contribution in [0.3, 0.4) is 0 Å². The highest BCUT2D eigenvalue weighted by molar-refractivity contribution is 7.92. The molecule has 22 heavy (non-hydrogen) atoms. The lowest BCUT2D eigenvalue weighted by Crippen LogP contribution is -2.35. The Labute approximate surface area is 133 Å². The molecule has 1 fully saturated rings. The number of nitrogens with zero attached hydrogens (tertiary/aromatic N) is 1. The Morgan fingerprint density at radius 3 is 2.68 bits per heavy atom. The number of sulfonamides is 1. The fraction of sp³-hybridized carbons (Fsp3) is 0.308. The van der Waals surface area contributed by atoms with Crippen molar-refractivity contribution in [3.05, 3.63) is 36.5 Å². The molecule has 3 heterocycles. The van der Waals surface area contributed by atoms with Gasteiger partial charge < -0.3 is 0 Å². The maximum Gasteiger partial charge on any atom is 0.250 e. The first-order chi connectivity index (χ1) is 10.4. The topological polar surface area (TPSA) is 93.2 Å². The molecule has 118 valence electrons. The highest BCUT2D eigenvalue weighted by Gasteiger charge is 2.32. The van der Waals surface area contributed by atoms with Gasteiger partial charge >= 0.3 is 0 Å². The van der Waals surface area contributed by atoms with E-state index in [9.17, 15) is 16.8 Å². The van der Waals surface area contributed by atoms with Crippen LogP contribution in [0.5, 0.6) is 0 Å². The van der Waals surface area contributed by atoms with Crippen LogP contribution in [0, 0.1) is 0 Å². The number of hydrogen-bond acceptors (Lipinski definition) is 6. The molecule has 0 amide bonds. The summed E-state index contributed by atoms with van der Waals surface area (Å²) in [6.07, 6.45) is 1.96. The standard InChI is InChI=1S/C13H14N2O4S3/c16-21(17)8-6-10(9-21)15-22(18,19)13-5-4-12(20-13)11-3-1-2-7-14-11/h1-5,7,10,15H,6,8-9H2. The molecule has 1 aliphatic heterocycles. The fourth-order valence-electron chi connectivity index (χ4n) is 2.28. The van der Waals surface area contributed by atoms with Gasteiger partial charge in [-0.25, -0.2) is 21.6 Å². The van der Waals surface area contributed by atoms with Crippen molar-refractivity contribution in [2.75, 3.05) is 11.5 Å². The van der Waals surface area contributed by atoms with Gasteiger partial charge in [0.05, 0.1) is 22.1 Å². The summed E-state index contributed by atoms with van der Waals surface area (Å²) >= 11 is 1.11. The lowest BCUT2D eigenvalue weighted by atomic mass is 10.3. The van der Waals surface area contributed by atoms with Gasteiger partial charge in [0.25, 0.3) is 0 Å². The zero-order chi connectivity index (χ0) is 15.8. The molecule has 0 aromatic carbocycles. The van der Waals surface area contributed by atoms with E-state index in [0.717, 1.165) is 16.2 Å². The minimum absolute atomic E-state index is 0.0316. The number of aromatic nitrogens is 1. The first kappa shape index (κ1) is 15.6. The third-order valence-electron chi connectivity index (χ3n) is 3.32. The molecular weight excluding hydrogens is 344 g/mol. The van der Waals surface area contributed by atoms with Crippen LogP contribution in [-0.4, -0.2) is 39.4 Å². The van der Waals surface area contributed by atoms with Gasteiger partial charge in [0, 0.05) is 12.2 Å². The average Bonchev–Trinajstić information content (AvgIpc) is 3.07. The van der Waals surface area contributed by atoms with Crippen molar-refractivity contribution in [2.24, 2.45) is 0 Å². The van der Waals surface area contributed by atoms with Crippen LogP contribution in [0.2, 0.25) is 0 Å². The van der Waals surface area contributed by atoms with Crippen molar-refractivity contribution in [1.82, 2.24) is 9.71 Å². The second-order valence-electron chi connectivity index (χ2n) is 5.05. The first-order valence-electron chi connectivity index (χ1n) is 6.60. The minimum atomic E-state index is -3.70. The first-order valence-corrected chi connectivity index (χ1v) is 10.7. The molecule has 1 N–H and O–H groups in total. The van der Waals surface area contributed by atoms with Crippen LogP contribution in [0.25, 0.3) is 10.6 Å². The van der Waals surface area contributed by atoms with Gasteiger partial charge in [-0.15, -0.1) is 11.3 Å². The molecule has 1 saturated heterocycles. The third-order valence-corrected chi connectivity index (χ3v) is 8.21. The molecule has 1 atom stereocenters. The molecular formula is C13H14N2O4S3. The number of nitrogens with one attached hydrogen (secondary N) is 1. The number of hydrogen-bond donors (Lipinski definition) is 1. The van der Waals surface area contributed by atoms with Crippen molar-refractivity contribution < 1.29 is 16.8 Å². The van der Waals surface area contributed by atoms with Gasteiger partial charge in [0.2, 0.25) is 10.0 Å². The number of sulfone groups is 1. The molecule has 0 radical (unpaired) electrons. The molecule has 6 nitrogen and oxygen atoms in total. The average molecular weight is 358 g/mol. The summed E-state index contributed by atoms with van der Waals surface area (Å²) in [7, 11) is -6.83. The van der Waals surface area contributed by atoms with Crippen molar-refractivity contribution in [2.45, 2.75) is 16.7 Å². The zero-order valence-electron chi connectivity index (χ0n) is 11.5. The Hall–Kier alpha value is -1.29. The SMILES string of the molecule is O=S1(=O)CCC(NS(=O)(=O)c2ccc(-c3ccccn3)s2)C1. The van der Waals surface area contributed by atoms with E-state index in [1.807, 2.05) is 6.07 Å². The molecule has 1 aliphatic rings. The predicted molar refractivity (Wildman–Crippen MR) is 84.9 cm³/mol. The predicted octanol–water partition coefficient (Wildman–Crippen LogP) is 1.28. The Morgan fingerprint density at radius 2 is 2.05 bits per heavy atom. The van der Waals surface area contributed by atoms with Gasteiger partial charge in [0.1, 0.15) is 4.21 Å². The lowest BCUT2D eigenvalue weighted by Gasteiger charge is -2.09. The molecule has 2 aromatic heterocycles. The maximum absolute atomic E-state index is 12.3. The second kappa shape index (κ2) is 5.73. The molecule has 2 aromatic rings. The van der Waals surface area contributed by atoms with Gasteiger partial charge in [0.15, 0.2) is 9.84 Å². The normalized spacial score (nSPS) is 21.0. The van der Waals surface area contributed by atoms with Crippen molar-refractivity contribution in [3.8, 4) is 10.6 Å². The van der Waals surface area contributed by atoms with Crippen LogP contribution in [-0.2, 0) is 19.9 Å². The summed E-state index contributed by atoms with van der Waals surface area (Å²) < 4.78 is 50.1. The van der Waals surface area contributed by atoms with E-state index in [-0.39, 0.29) is 15.7 Å². The molecule has 0 aliphatic carbocycles. The van der Waals surface area contributed by atoms with Crippen molar-refractivity contribution in [3.63, 3.8) is 0 Å². The molecule has 0 bridgehead atoms. The van der Waals surface area contributed by atoms with E-state index in [4.69, 9.17) is 0 Å². The molecule has 0 spiro atoms. The summed E-state index contributed by atoms with van der Waals surface area (Å²) in [6.45, 7) is 0. The highest BCUT2D eigenvalue weighted by atomic mass is 32.2. The van der Waals surface area contributed by atoms with Crippen LogP contribution < -0.4 is 4.72 Å². The van der Waals surface area contributed by atoms with Gasteiger partial charge in [-0.2, -0.15) is 0 Å². The lowest BCUT2D eigenvalue weighted by molar-refractivity contribution is 0.564. The fourth-order valence-corrected chi connectivity index (χ4v) is 6.63. The van der Waals surface area contributed by atoms with Crippen molar-refractivity contribution in [1.29, 1.82) is 0 Å². The van der Waals surface area contributed by atoms with Gasteiger partial charge in [-0.05, 0) is 30.7 Å². The maximum atomic E-state index is 12.3. The summed E-state index contributed by atoms with van der Waals surface area (Å²) in [5, 5.41) is 0. The Kier molecular flexibility index (Phi) is 4.06. The summed E-state index contributed by atoms with van der Waals surface area (Å²) in [5.74, 6) is -0.103. The van der Waals surface area contributed by atoms with E-state index in [0.29, 0.717) is 12.1 Å². The molecule has 0 saturated carbocycles. The summed E-state index contributed by atoms with van der Waals surface area (Å²) in [5.41, 5.74) is 0.706. The van der Waals surface area contributed by atoms with Gasteiger partial charge in [-0.3, -0.25) is 4.98 Å². The van der Waals surface area contributed by atoms with Crippen LogP contribution in [0.1, 0.15) is 6.42 Å².